The highest BCUT2D eigenvalue weighted by atomic mass is 16.7. The molecule has 1 saturated heterocycles. The molecule has 1 rings (SSSR count). The Balaban J connectivity index is 2.74. The SMILES string of the molecule is CC/C=C/C=C/C=C\C=C/C=C/CCCC(=O)OC1C(OCC(NC(=O)C(O)CCCCCCCCC/C=C\C/C=C\C/C=C\CCCCC)C(O)/C=C/CCCCCCCCCCC)OC(CO)C(O)C1O. The molecule has 6 N–H and O–H groups in total. The molecule has 0 saturated carbocycles. The monoisotopic (exact) mass is 1020 g/mol. The first-order valence-electron chi connectivity index (χ1n) is 28.7. The van der Waals surface area contributed by atoms with E-state index < -0.39 is 67.4 Å². The molecule has 11 nitrogen and oxygen atoms in total. The number of carbonyl (C=O) groups is 2. The largest absolute Gasteiger partial charge is 0.454 e. The van der Waals surface area contributed by atoms with Crippen LogP contribution in [0, 0.1) is 0 Å². The normalized spacial score (nSPS) is 20.2. The van der Waals surface area contributed by atoms with E-state index in [1.165, 1.54) is 77.0 Å². The molecule has 73 heavy (non-hydrogen) atoms. The summed E-state index contributed by atoms with van der Waals surface area (Å²) >= 11 is 0. The molecule has 1 aliphatic heterocycles. The summed E-state index contributed by atoms with van der Waals surface area (Å²) < 4.78 is 17.5. The summed E-state index contributed by atoms with van der Waals surface area (Å²) in [4.78, 5) is 26.4. The van der Waals surface area contributed by atoms with Crippen molar-refractivity contribution in [2.24, 2.45) is 0 Å². The van der Waals surface area contributed by atoms with Crippen LogP contribution in [0.1, 0.15) is 207 Å². The average molecular weight is 1020 g/mol. The number of esters is 1. The zero-order chi connectivity index (χ0) is 53.3. The van der Waals surface area contributed by atoms with Crippen LogP contribution in [0.2, 0.25) is 0 Å². The average Bonchev–Trinajstić information content (AvgIpc) is 3.39. The second-order valence-corrected chi connectivity index (χ2v) is 19.4. The second-order valence-electron chi connectivity index (χ2n) is 19.4. The van der Waals surface area contributed by atoms with Gasteiger partial charge in [-0.05, 0) is 77.0 Å². The fourth-order valence-electron chi connectivity index (χ4n) is 8.22. The number of amides is 1. The lowest BCUT2D eigenvalue weighted by molar-refractivity contribution is -0.305. The molecule has 0 aromatic carbocycles. The molecular weight excluding hydrogens is 919 g/mol. The molecule has 0 spiro atoms. The summed E-state index contributed by atoms with van der Waals surface area (Å²) in [5.41, 5.74) is 0. The highest BCUT2D eigenvalue weighted by Crippen LogP contribution is 2.26. The fraction of sp³-hybridized carbons (Fsp3) is 0.677. The quantitative estimate of drug-likeness (QED) is 0.0149. The molecule has 0 aliphatic carbocycles. The maximum atomic E-state index is 13.4. The van der Waals surface area contributed by atoms with Crippen molar-refractivity contribution < 1.29 is 49.3 Å². The number of unbranched alkanes of at least 4 members (excludes halogenated alkanes) is 20. The van der Waals surface area contributed by atoms with E-state index in [1.54, 1.807) is 6.08 Å². The van der Waals surface area contributed by atoms with Crippen LogP contribution in [-0.2, 0) is 23.8 Å². The van der Waals surface area contributed by atoms with E-state index in [0.29, 0.717) is 19.3 Å². The molecule has 0 bridgehead atoms. The first-order valence-corrected chi connectivity index (χ1v) is 28.7. The van der Waals surface area contributed by atoms with Gasteiger partial charge in [0.05, 0.1) is 25.4 Å². The Bertz CT molecular complexity index is 1600. The number of aliphatic hydroxyl groups is 5. The van der Waals surface area contributed by atoms with Crippen molar-refractivity contribution in [1.29, 1.82) is 0 Å². The van der Waals surface area contributed by atoms with Crippen molar-refractivity contribution in [3.05, 3.63) is 109 Å². The van der Waals surface area contributed by atoms with Gasteiger partial charge < -0.3 is 45.1 Å². The third kappa shape index (κ3) is 37.7. The van der Waals surface area contributed by atoms with Gasteiger partial charge in [-0.15, -0.1) is 0 Å². The molecule has 1 amide bonds. The molecule has 11 heteroatoms. The summed E-state index contributed by atoms with van der Waals surface area (Å²) in [6, 6.07) is -1.05. The van der Waals surface area contributed by atoms with Crippen LogP contribution in [-0.4, -0.2) is 99.6 Å². The topological polar surface area (TPSA) is 175 Å². The molecule has 0 radical (unpaired) electrons. The van der Waals surface area contributed by atoms with Gasteiger partial charge >= 0.3 is 5.97 Å². The third-order valence-corrected chi connectivity index (χ3v) is 12.8. The smallest absolute Gasteiger partial charge is 0.306 e. The number of ether oxygens (including phenoxy) is 3. The van der Waals surface area contributed by atoms with Gasteiger partial charge in [0, 0.05) is 6.42 Å². The van der Waals surface area contributed by atoms with Gasteiger partial charge in [0.2, 0.25) is 5.91 Å². The molecule has 8 atom stereocenters. The van der Waals surface area contributed by atoms with E-state index in [0.717, 1.165) is 77.0 Å². The number of carbonyl (C=O) groups excluding carboxylic acids is 2. The fourth-order valence-corrected chi connectivity index (χ4v) is 8.22. The van der Waals surface area contributed by atoms with E-state index >= 15 is 0 Å². The molecule has 8 unspecified atom stereocenters. The van der Waals surface area contributed by atoms with Crippen LogP contribution >= 0.6 is 0 Å². The second kappa shape index (κ2) is 49.2. The Kier molecular flexibility index (Phi) is 45.4. The summed E-state index contributed by atoms with van der Waals surface area (Å²) in [6.07, 6.45) is 55.7. The van der Waals surface area contributed by atoms with Crippen LogP contribution < -0.4 is 5.32 Å². The van der Waals surface area contributed by atoms with Crippen molar-refractivity contribution in [2.45, 2.75) is 256 Å². The zero-order valence-electron chi connectivity index (χ0n) is 45.7. The number of rotatable bonds is 46. The first kappa shape index (κ1) is 67.3. The zero-order valence-corrected chi connectivity index (χ0v) is 45.7. The predicted octanol–water partition coefficient (Wildman–Crippen LogP) is 12.9. The van der Waals surface area contributed by atoms with E-state index in [9.17, 15) is 35.1 Å². The summed E-state index contributed by atoms with van der Waals surface area (Å²) in [5, 5.41) is 56.7. The van der Waals surface area contributed by atoms with E-state index in [4.69, 9.17) is 14.2 Å². The number of allylic oxidation sites excluding steroid dienone is 17. The van der Waals surface area contributed by atoms with Gasteiger partial charge in [-0.3, -0.25) is 9.59 Å². The van der Waals surface area contributed by atoms with E-state index in [1.807, 2.05) is 60.8 Å². The highest BCUT2D eigenvalue weighted by Gasteiger charge is 2.47. The van der Waals surface area contributed by atoms with Crippen molar-refractivity contribution in [3.63, 3.8) is 0 Å². The summed E-state index contributed by atoms with van der Waals surface area (Å²) in [5.74, 6) is -1.29. The van der Waals surface area contributed by atoms with Crippen molar-refractivity contribution >= 4 is 11.9 Å². The van der Waals surface area contributed by atoms with Gasteiger partial charge in [0.15, 0.2) is 12.4 Å². The maximum absolute atomic E-state index is 13.4. The molecule has 1 aliphatic rings. The van der Waals surface area contributed by atoms with Crippen molar-refractivity contribution in [3.8, 4) is 0 Å². The van der Waals surface area contributed by atoms with Gasteiger partial charge in [0.25, 0.3) is 0 Å². The lowest BCUT2D eigenvalue weighted by Gasteiger charge is -2.41. The van der Waals surface area contributed by atoms with Crippen LogP contribution in [0.5, 0.6) is 0 Å². The summed E-state index contributed by atoms with van der Waals surface area (Å²) in [7, 11) is 0. The summed E-state index contributed by atoms with van der Waals surface area (Å²) in [6.45, 7) is 5.53. The van der Waals surface area contributed by atoms with Gasteiger partial charge in [0.1, 0.15) is 24.4 Å². The van der Waals surface area contributed by atoms with Gasteiger partial charge in [-0.2, -0.15) is 0 Å². The number of nitrogens with one attached hydrogen (secondary N) is 1. The minimum atomic E-state index is -1.65. The molecule has 0 aromatic heterocycles. The number of aliphatic hydroxyl groups excluding tert-OH is 5. The molecular formula is C62H103NO10. The Labute approximate surface area is 443 Å². The van der Waals surface area contributed by atoms with E-state index in [-0.39, 0.29) is 19.4 Å². The Morgan fingerprint density at radius 3 is 1.62 bits per heavy atom. The Hall–Kier alpha value is -3.68. The number of hydrogen-bond acceptors (Lipinski definition) is 10. The Morgan fingerprint density at radius 2 is 1.04 bits per heavy atom. The maximum Gasteiger partial charge on any atom is 0.306 e. The Morgan fingerprint density at radius 1 is 0.562 bits per heavy atom. The van der Waals surface area contributed by atoms with E-state index in [2.05, 4.69) is 68.6 Å². The molecule has 1 heterocycles. The minimum absolute atomic E-state index is 0.0207. The highest BCUT2D eigenvalue weighted by molar-refractivity contribution is 5.80. The molecule has 1 fully saturated rings. The predicted molar refractivity (Wildman–Crippen MR) is 301 cm³/mol. The lowest BCUT2D eigenvalue weighted by atomic mass is 9.99. The van der Waals surface area contributed by atoms with Crippen molar-refractivity contribution in [1.82, 2.24) is 5.32 Å². The standard InChI is InChI=1S/C62H103NO10/c1-4-7-10-13-16-19-22-24-25-26-27-28-29-30-32-34-37-40-43-46-49-55(66)61(70)63-53(54(65)48-45-42-39-36-33-21-18-15-12-9-6-3)52-71-62-60(59(69)58(68)56(51-64)72-62)73-57(67)50-47-44-41-38-35-31-23-20-17-14-11-8-5-2/h8,11,14,16-17,19-20,23-25,27-28,31,35,38,41,45,48,53-56,58-60,62,64-66,68-69H,4-7,9-10,12-13,15,18,21-22,26,29-30,32-34,36-37,39-40,42-44,46-47,49-52H2,1-3H3,(H,63,70)/b11-8+,17-14+,19-16-,23-20-,25-24-,28-27-,35-31-,41-38+,48-45+. The van der Waals surface area contributed by atoms with Crippen molar-refractivity contribution in [2.75, 3.05) is 13.2 Å². The molecule has 0 aromatic rings. The molecule has 416 valence electrons. The lowest BCUT2D eigenvalue weighted by Crippen LogP contribution is -2.61. The van der Waals surface area contributed by atoms with Crippen LogP contribution in [0.4, 0.5) is 0 Å². The van der Waals surface area contributed by atoms with Crippen LogP contribution in [0.25, 0.3) is 0 Å². The van der Waals surface area contributed by atoms with Gasteiger partial charge in [-0.1, -0.05) is 233 Å². The number of hydrogen-bond donors (Lipinski definition) is 6. The van der Waals surface area contributed by atoms with Crippen LogP contribution in [0.3, 0.4) is 0 Å². The van der Waals surface area contributed by atoms with Crippen LogP contribution in [0.15, 0.2) is 109 Å². The minimum Gasteiger partial charge on any atom is -0.454 e. The van der Waals surface area contributed by atoms with Gasteiger partial charge in [-0.25, -0.2) is 0 Å². The first-order chi connectivity index (χ1) is 35.7. The third-order valence-electron chi connectivity index (χ3n) is 12.8.